The number of amides is 2. The zero-order valence-electron chi connectivity index (χ0n) is 16.0. The van der Waals surface area contributed by atoms with Crippen LogP contribution in [0.2, 0.25) is 0 Å². The minimum absolute atomic E-state index is 0. The molecule has 3 N–H and O–H groups in total. The van der Waals surface area contributed by atoms with Gasteiger partial charge in [0.1, 0.15) is 5.92 Å². The largest absolute Gasteiger partial charge is 1.00 e. The summed E-state index contributed by atoms with van der Waals surface area (Å²) in [6, 6.07) is 0.0202. The van der Waals surface area contributed by atoms with Crippen LogP contribution in [0.25, 0.3) is 0 Å². The Kier molecular flexibility index (Phi) is 20.8. The zero-order valence-corrected chi connectivity index (χ0v) is 18.9. The molecule has 142 valence electrons. The standard InChI is InChI=1S/C16H32N2O5S.Na/c1-4-13(2)18-16(20)14(15(17)19)5-6-21-7-8-22-9-10-23-11-12-24-3;/h13-14H,4-12H2,1-3H3,(H2,17,19)(H,18,20);/q;+1. The van der Waals surface area contributed by atoms with E-state index in [-0.39, 0.29) is 54.5 Å². The van der Waals surface area contributed by atoms with Gasteiger partial charge in [0.15, 0.2) is 0 Å². The van der Waals surface area contributed by atoms with Crippen molar-refractivity contribution < 1.29 is 53.4 Å². The molecule has 2 atom stereocenters. The average molecular weight is 387 g/mol. The number of carbonyl (C=O) groups excluding carboxylic acids is 2. The van der Waals surface area contributed by atoms with Gasteiger partial charge in [0, 0.05) is 18.4 Å². The number of ether oxygens (including phenoxy) is 3. The summed E-state index contributed by atoms with van der Waals surface area (Å²) in [5, 5.41) is 2.77. The first-order chi connectivity index (χ1) is 11.5. The van der Waals surface area contributed by atoms with E-state index in [1.54, 1.807) is 11.8 Å². The normalized spacial score (nSPS) is 12.9. The average Bonchev–Trinajstić information content (AvgIpc) is 2.55. The van der Waals surface area contributed by atoms with E-state index < -0.39 is 11.8 Å². The molecule has 0 radical (unpaired) electrons. The van der Waals surface area contributed by atoms with Crippen molar-refractivity contribution in [3.63, 3.8) is 0 Å². The molecule has 0 aromatic heterocycles. The van der Waals surface area contributed by atoms with Gasteiger partial charge in [-0.15, -0.1) is 0 Å². The number of nitrogens with two attached hydrogens (primary N) is 1. The van der Waals surface area contributed by atoms with Crippen molar-refractivity contribution in [3.8, 4) is 0 Å². The van der Waals surface area contributed by atoms with Crippen molar-refractivity contribution in [2.75, 3.05) is 51.6 Å². The van der Waals surface area contributed by atoms with E-state index in [0.29, 0.717) is 26.4 Å². The Morgan fingerprint density at radius 2 is 1.56 bits per heavy atom. The first-order valence-electron chi connectivity index (χ1n) is 8.34. The summed E-state index contributed by atoms with van der Waals surface area (Å²) < 4.78 is 16.1. The van der Waals surface area contributed by atoms with Crippen LogP contribution in [-0.4, -0.2) is 69.5 Å². The summed E-state index contributed by atoms with van der Waals surface area (Å²) in [7, 11) is 0. The molecule has 0 spiro atoms. The van der Waals surface area contributed by atoms with Crippen LogP contribution in [0.4, 0.5) is 0 Å². The number of hydrogen-bond acceptors (Lipinski definition) is 6. The Bertz CT molecular complexity index is 350. The second-order valence-corrected chi connectivity index (χ2v) is 6.38. The minimum atomic E-state index is -0.857. The Morgan fingerprint density at radius 1 is 1.04 bits per heavy atom. The SMILES string of the molecule is CCC(C)NC(=O)C(CCOCCOCCOCCSC)C(N)=O.[Na+]. The Labute approximate surface area is 177 Å². The third-order valence-electron chi connectivity index (χ3n) is 3.39. The Morgan fingerprint density at radius 3 is 2.04 bits per heavy atom. The van der Waals surface area contributed by atoms with Crippen molar-refractivity contribution in [2.24, 2.45) is 11.7 Å². The summed E-state index contributed by atoms with van der Waals surface area (Å²) >= 11 is 1.74. The zero-order chi connectivity index (χ0) is 18.2. The molecule has 0 fully saturated rings. The molecular weight excluding hydrogens is 355 g/mol. The van der Waals surface area contributed by atoms with Crippen LogP contribution in [0.5, 0.6) is 0 Å². The maximum atomic E-state index is 12.0. The molecule has 0 aromatic rings. The van der Waals surface area contributed by atoms with Gasteiger partial charge in [0.2, 0.25) is 11.8 Å². The minimum Gasteiger partial charge on any atom is -0.379 e. The van der Waals surface area contributed by atoms with Gasteiger partial charge in [-0.25, -0.2) is 0 Å². The van der Waals surface area contributed by atoms with Gasteiger partial charge in [-0.3, -0.25) is 9.59 Å². The molecule has 0 aliphatic carbocycles. The topological polar surface area (TPSA) is 99.9 Å². The van der Waals surface area contributed by atoms with E-state index in [1.165, 1.54) is 0 Å². The molecule has 2 unspecified atom stereocenters. The molecule has 0 aromatic carbocycles. The van der Waals surface area contributed by atoms with Crippen molar-refractivity contribution in [3.05, 3.63) is 0 Å². The second-order valence-electron chi connectivity index (χ2n) is 5.39. The number of primary amides is 1. The molecular formula is C16H32N2NaO5S+. The molecule has 0 saturated carbocycles. The number of hydrogen-bond donors (Lipinski definition) is 2. The van der Waals surface area contributed by atoms with E-state index in [0.717, 1.165) is 18.8 Å². The van der Waals surface area contributed by atoms with E-state index in [2.05, 4.69) is 5.32 Å². The van der Waals surface area contributed by atoms with Gasteiger partial charge in [-0.2, -0.15) is 11.8 Å². The molecule has 0 saturated heterocycles. The maximum absolute atomic E-state index is 12.0. The van der Waals surface area contributed by atoms with Crippen molar-refractivity contribution in [2.45, 2.75) is 32.7 Å². The van der Waals surface area contributed by atoms with Gasteiger partial charge < -0.3 is 25.3 Å². The summed E-state index contributed by atoms with van der Waals surface area (Å²) in [4.78, 5) is 23.3. The van der Waals surface area contributed by atoms with Crippen LogP contribution in [0.3, 0.4) is 0 Å². The third kappa shape index (κ3) is 16.1. The van der Waals surface area contributed by atoms with E-state index >= 15 is 0 Å². The Balaban J connectivity index is 0. The summed E-state index contributed by atoms with van der Waals surface area (Å²) in [5.41, 5.74) is 5.29. The first kappa shape index (κ1) is 27.4. The number of thioether (sulfide) groups is 1. The fourth-order valence-corrected chi connectivity index (χ4v) is 2.02. The predicted molar refractivity (Wildman–Crippen MR) is 96.0 cm³/mol. The summed E-state index contributed by atoms with van der Waals surface area (Å²) in [6.07, 6.45) is 3.11. The molecule has 2 amide bonds. The smallest absolute Gasteiger partial charge is 0.379 e. The van der Waals surface area contributed by atoms with Gasteiger partial charge in [-0.1, -0.05) is 6.92 Å². The second kappa shape index (κ2) is 18.9. The van der Waals surface area contributed by atoms with Gasteiger partial charge >= 0.3 is 29.6 Å². The fraction of sp³-hybridized carbons (Fsp3) is 0.875. The van der Waals surface area contributed by atoms with Crippen molar-refractivity contribution in [1.82, 2.24) is 5.32 Å². The van der Waals surface area contributed by atoms with Crippen LogP contribution < -0.4 is 40.6 Å². The molecule has 0 aliphatic rings. The maximum Gasteiger partial charge on any atom is 1.00 e. The van der Waals surface area contributed by atoms with E-state index in [1.807, 2.05) is 20.1 Å². The number of nitrogens with one attached hydrogen (secondary N) is 1. The van der Waals surface area contributed by atoms with Gasteiger partial charge in [-0.05, 0) is 26.0 Å². The molecule has 9 heteroatoms. The molecule has 0 aliphatic heterocycles. The molecule has 0 heterocycles. The molecule has 0 bridgehead atoms. The van der Waals surface area contributed by atoms with E-state index in [9.17, 15) is 9.59 Å². The monoisotopic (exact) mass is 387 g/mol. The van der Waals surface area contributed by atoms with Crippen molar-refractivity contribution >= 4 is 23.6 Å². The van der Waals surface area contributed by atoms with Crippen LogP contribution in [0.1, 0.15) is 26.7 Å². The molecule has 7 nitrogen and oxygen atoms in total. The van der Waals surface area contributed by atoms with Crippen LogP contribution in [0.15, 0.2) is 0 Å². The molecule has 25 heavy (non-hydrogen) atoms. The third-order valence-corrected chi connectivity index (χ3v) is 3.96. The number of carbonyl (C=O) groups is 2. The van der Waals surface area contributed by atoms with Crippen LogP contribution in [0, 0.1) is 5.92 Å². The van der Waals surface area contributed by atoms with Gasteiger partial charge in [0.05, 0.1) is 33.0 Å². The predicted octanol–water partition coefficient (Wildman–Crippen LogP) is -2.19. The molecule has 0 rings (SSSR count). The summed E-state index contributed by atoms with van der Waals surface area (Å²) in [6.45, 7) is 6.81. The summed E-state index contributed by atoms with van der Waals surface area (Å²) in [5.74, 6) is -0.837. The number of rotatable bonds is 16. The van der Waals surface area contributed by atoms with Crippen LogP contribution >= 0.6 is 11.8 Å². The van der Waals surface area contributed by atoms with E-state index in [4.69, 9.17) is 19.9 Å². The Hall–Kier alpha value is 0.170. The van der Waals surface area contributed by atoms with Crippen LogP contribution in [-0.2, 0) is 23.8 Å². The van der Waals surface area contributed by atoms with Gasteiger partial charge in [0.25, 0.3) is 0 Å². The van der Waals surface area contributed by atoms with Crippen molar-refractivity contribution in [1.29, 1.82) is 0 Å². The first-order valence-corrected chi connectivity index (χ1v) is 9.74. The quantitative estimate of drug-likeness (QED) is 0.177. The fourth-order valence-electron chi connectivity index (χ4n) is 1.73.